The van der Waals surface area contributed by atoms with E-state index in [0.717, 1.165) is 7.11 Å². The number of rotatable bonds is 5. The van der Waals surface area contributed by atoms with Gasteiger partial charge in [0.1, 0.15) is 23.9 Å². The number of ketones is 1. The molecule has 3 heterocycles. The second-order valence-electron chi connectivity index (χ2n) is 14.3. The van der Waals surface area contributed by atoms with E-state index in [2.05, 4.69) is 0 Å². The highest BCUT2D eigenvalue weighted by atomic mass is 16.6. The van der Waals surface area contributed by atoms with Gasteiger partial charge >= 0.3 is 17.9 Å². The predicted molar refractivity (Wildman–Crippen MR) is 142 cm³/mol. The number of aliphatic hydroxyl groups excluding tert-OH is 1. The number of ether oxygens (including phenoxy) is 4. The zero-order chi connectivity index (χ0) is 30.8. The normalized spacial score (nSPS) is 45.6. The van der Waals surface area contributed by atoms with Crippen molar-refractivity contribution in [1.82, 2.24) is 0 Å². The molecule has 2 bridgehead atoms. The highest BCUT2D eigenvalue weighted by molar-refractivity contribution is 5.99. The number of Topliss-reactive ketones (excluding diaryl/α,β-unsaturated/α-hetero) is 1. The molecule has 5 aliphatic rings. The van der Waals surface area contributed by atoms with Gasteiger partial charge in [0.05, 0.1) is 32.0 Å². The van der Waals surface area contributed by atoms with Crippen LogP contribution in [-0.2, 0) is 38.1 Å². The van der Waals surface area contributed by atoms with Crippen molar-refractivity contribution in [3.63, 3.8) is 0 Å². The average Bonchev–Trinajstić information content (AvgIpc) is 3.41. The van der Waals surface area contributed by atoms with Crippen LogP contribution in [0.3, 0.4) is 0 Å². The summed E-state index contributed by atoms with van der Waals surface area (Å²) < 4.78 is 28.6. The molecular weight excluding hydrogens is 548 g/mol. The lowest BCUT2D eigenvalue weighted by Gasteiger charge is -2.67. The summed E-state index contributed by atoms with van der Waals surface area (Å²) in [6, 6.07) is 1.75. The van der Waals surface area contributed by atoms with E-state index < -0.39 is 99.2 Å². The standard InChI is InChI=1S/C31H40O11/c1-14(2)22(34)41-25-27(3,4)20(19(33)23(35)38-7)29(6)16-8-10-28(5)17(31(16)26(42-31)30(25,37)24(29)36)12-18(32)40-21(28)15-9-11-39-13-15/h9,11,13-14,16-17,19-21,25-26,33,37H,8,10,12H2,1-7H3. The summed E-state index contributed by atoms with van der Waals surface area (Å²) in [5.74, 6) is -5.42. The van der Waals surface area contributed by atoms with Crippen molar-refractivity contribution in [3.8, 4) is 0 Å². The molecule has 3 saturated carbocycles. The number of carbonyl (C=O) groups is 4. The van der Waals surface area contributed by atoms with Crippen molar-refractivity contribution in [2.45, 2.75) is 96.4 Å². The van der Waals surface area contributed by atoms with Crippen LogP contribution in [0.2, 0.25) is 0 Å². The van der Waals surface area contributed by atoms with Gasteiger partial charge < -0.3 is 33.6 Å². The zero-order valence-corrected chi connectivity index (χ0v) is 25.0. The maximum absolute atomic E-state index is 14.7. The van der Waals surface area contributed by atoms with Crippen LogP contribution >= 0.6 is 0 Å². The van der Waals surface area contributed by atoms with Gasteiger partial charge in [0.15, 0.2) is 17.5 Å². The number of methoxy groups -OCH3 is 1. The van der Waals surface area contributed by atoms with Crippen molar-refractivity contribution in [3.05, 3.63) is 24.2 Å². The smallest absolute Gasteiger partial charge is 0.335 e. The third-order valence-electron chi connectivity index (χ3n) is 11.6. The van der Waals surface area contributed by atoms with Crippen molar-refractivity contribution in [2.75, 3.05) is 7.11 Å². The first kappa shape index (κ1) is 29.3. The van der Waals surface area contributed by atoms with Crippen LogP contribution in [0.4, 0.5) is 0 Å². The first-order chi connectivity index (χ1) is 19.5. The van der Waals surface area contributed by atoms with Crippen LogP contribution in [0.15, 0.2) is 23.0 Å². The fourth-order valence-electron chi connectivity index (χ4n) is 9.89. The summed E-state index contributed by atoms with van der Waals surface area (Å²) in [6.07, 6.45) is -0.922. The first-order valence-corrected chi connectivity index (χ1v) is 14.7. The molecule has 2 N–H and O–H groups in total. The molecule has 11 heteroatoms. The maximum atomic E-state index is 14.7. The Morgan fingerprint density at radius 3 is 2.38 bits per heavy atom. The van der Waals surface area contributed by atoms with Gasteiger partial charge in [-0.25, -0.2) is 4.79 Å². The summed E-state index contributed by atoms with van der Waals surface area (Å²) in [5, 5.41) is 24.1. The Balaban J connectivity index is 1.55. The molecule has 230 valence electrons. The number of hydrogen-bond acceptors (Lipinski definition) is 11. The minimum absolute atomic E-state index is 0.0116. The number of fused-ring (bicyclic) bond motifs is 5. The van der Waals surface area contributed by atoms with Gasteiger partial charge in [-0.3, -0.25) is 14.4 Å². The molecule has 0 aromatic carbocycles. The number of epoxide rings is 1. The second kappa shape index (κ2) is 8.89. The first-order valence-electron chi connectivity index (χ1n) is 14.7. The lowest BCUT2D eigenvalue weighted by Crippen LogP contribution is -2.81. The second-order valence-corrected chi connectivity index (χ2v) is 14.3. The number of aliphatic hydroxyl groups is 2. The van der Waals surface area contributed by atoms with E-state index in [0.29, 0.717) is 18.4 Å². The lowest BCUT2D eigenvalue weighted by atomic mass is 9.36. The minimum Gasteiger partial charge on any atom is -0.472 e. The van der Waals surface area contributed by atoms with Crippen LogP contribution in [0.25, 0.3) is 0 Å². The fourth-order valence-corrected chi connectivity index (χ4v) is 9.89. The number of esters is 3. The largest absolute Gasteiger partial charge is 0.472 e. The Bertz CT molecular complexity index is 1330. The molecule has 5 fully saturated rings. The van der Waals surface area contributed by atoms with E-state index >= 15 is 0 Å². The lowest BCUT2D eigenvalue weighted by molar-refractivity contribution is -0.261. The van der Waals surface area contributed by atoms with Gasteiger partial charge in [0.2, 0.25) is 0 Å². The van der Waals surface area contributed by atoms with Crippen LogP contribution in [0, 0.1) is 39.9 Å². The molecule has 11 nitrogen and oxygen atoms in total. The Morgan fingerprint density at radius 2 is 1.79 bits per heavy atom. The maximum Gasteiger partial charge on any atom is 0.335 e. The molecule has 1 aromatic heterocycles. The van der Waals surface area contributed by atoms with Crippen LogP contribution in [-0.4, -0.2) is 70.5 Å². The molecule has 3 aliphatic carbocycles. The fraction of sp³-hybridized carbons (Fsp3) is 0.742. The van der Waals surface area contributed by atoms with Crippen LogP contribution < -0.4 is 0 Å². The predicted octanol–water partition coefficient (Wildman–Crippen LogP) is 2.52. The molecule has 11 unspecified atom stereocenters. The van der Waals surface area contributed by atoms with E-state index in [-0.39, 0.29) is 6.42 Å². The van der Waals surface area contributed by atoms with Crippen LogP contribution in [0.5, 0.6) is 0 Å². The quantitative estimate of drug-likeness (QED) is 0.295. The Morgan fingerprint density at radius 1 is 1.10 bits per heavy atom. The van der Waals surface area contributed by atoms with E-state index in [9.17, 15) is 29.4 Å². The molecule has 0 radical (unpaired) electrons. The number of cyclic esters (lactones) is 1. The molecule has 6 rings (SSSR count). The number of hydrogen-bond donors (Lipinski definition) is 2. The van der Waals surface area contributed by atoms with Gasteiger partial charge in [-0.2, -0.15) is 0 Å². The van der Waals surface area contributed by atoms with Crippen molar-refractivity contribution in [2.24, 2.45) is 39.9 Å². The van der Waals surface area contributed by atoms with Gasteiger partial charge in [0, 0.05) is 39.6 Å². The summed E-state index contributed by atoms with van der Waals surface area (Å²) >= 11 is 0. The minimum atomic E-state index is -2.30. The van der Waals surface area contributed by atoms with Gasteiger partial charge in [-0.05, 0) is 18.9 Å². The molecule has 1 spiro atoms. The van der Waals surface area contributed by atoms with E-state index in [1.54, 1.807) is 46.9 Å². The molecular formula is C31H40O11. The summed E-state index contributed by atoms with van der Waals surface area (Å²) in [6.45, 7) is 10.3. The van der Waals surface area contributed by atoms with Crippen molar-refractivity contribution >= 4 is 23.7 Å². The molecule has 2 saturated heterocycles. The highest BCUT2D eigenvalue weighted by Crippen LogP contribution is 2.78. The summed E-state index contributed by atoms with van der Waals surface area (Å²) in [4.78, 5) is 53.8. The van der Waals surface area contributed by atoms with Gasteiger partial charge in [-0.1, -0.05) is 41.5 Å². The summed E-state index contributed by atoms with van der Waals surface area (Å²) in [5.41, 5.74) is -6.22. The molecule has 1 aromatic rings. The van der Waals surface area contributed by atoms with E-state index in [4.69, 9.17) is 23.4 Å². The number of carbonyl (C=O) groups excluding carboxylic acids is 4. The monoisotopic (exact) mass is 588 g/mol. The molecule has 42 heavy (non-hydrogen) atoms. The summed E-state index contributed by atoms with van der Waals surface area (Å²) in [7, 11) is 1.15. The molecule has 2 aliphatic heterocycles. The van der Waals surface area contributed by atoms with Crippen molar-refractivity contribution in [1.29, 1.82) is 0 Å². The Kier molecular flexibility index (Phi) is 6.20. The van der Waals surface area contributed by atoms with E-state index in [1.807, 2.05) is 6.92 Å². The third kappa shape index (κ3) is 3.33. The van der Waals surface area contributed by atoms with Gasteiger partial charge in [0.25, 0.3) is 0 Å². The molecule has 0 amide bonds. The Labute approximate surface area is 244 Å². The number of furan rings is 1. The van der Waals surface area contributed by atoms with Crippen molar-refractivity contribution < 1.29 is 52.8 Å². The third-order valence-corrected chi connectivity index (χ3v) is 11.6. The van der Waals surface area contributed by atoms with Crippen LogP contribution in [0.1, 0.15) is 72.5 Å². The SMILES string of the molecule is COC(=O)C(O)C1C(C)(C)C(OC(=O)C(C)C)C2(O)C(=O)C1(C)C1CCC3(C)C(c4ccoc4)OC(=O)CC3C13OC23. The Hall–Kier alpha value is -2.76. The average molecular weight is 589 g/mol. The van der Waals surface area contributed by atoms with Gasteiger partial charge in [-0.15, -0.1) is 0 Å². The topological polar surface area (TPSA) is 162 Å². The zero-order valence-electron chi connectivity index (χ0n) is 25.0. The highest BCUT2D eigenvalue weighted by Gasteiger charge is 2.91. The molecule has 11 atom stereocenters. The van der Waals surface area contributed by atoms with E-state index in [1.165, 1.54) is 6.26 Å².